The Morgan fingerprint density at radius 3 is 2.33 bits per heavy atom. The number of aryl methyl sites for hydroxylation is 1. The van der Waals surface area contributed by atoms with Gasteiger partial charge in [0, 0.05) is 44.0 Å². The minimum absolute atomic E-state index is 0.230. The maximum Gasteiger partial charge on any atom is 0.0369 e. The number of nitrogens with zero attached hydrogens (tertiary/aromatic N) is 2. The van der Waals surface area contributed by atoms with Gasteiger partial charge in [-0.1, -0.05) is 13.0 Å². The lowest BCUT2D eigenvalue weighted by Crippen LogP contribution is -2.49. The summed E-state index contributed by atoms with van der Waals surface area (Å²) >= 11 is 0. The van der Waals surface area contributed by atoms with Crippen molar-refractivity contribution >= 4 is 5.69 Å². The maximum atomic E-state index is 5.91. The van der Waals surface area contributed by atoms with Gasteiger partial charge in [0.1, 0.15) is 0 Å². The van der Waals surface area contributed by atoms with Crippen molar-refractivity contribution in [1.29, 1.82) is 0 Å². The van der Waals surface area contributed by atoms with Crippen LogP contribution in [0.5, 0.6) is 0 Å². The molecule has 2 unspecified atom stereocenters. The highest BCUT2D eigenvalue weighted by molar-refractivity contribution is 5.51. The number of hydrogen-bond donors (Lipinski definition) is 1. The first-order chi connectivity index (χ1) is 10.0. The number of hydrogen-bond acceptors (Lipinski definition) is 3. The molecule has 118 valence electrons. The van der Waals surface area contributed by atoms with Crippen molar-refractivity contribution in [3.05, 3.63) is 29.3 Å². The van der Waals surface area contributed by atoms with Crippen molar-refractivity contribution in [3.8, 4) is 0 Å². The molecule has 1 aliphatic rings. The van der Waals surface area contributed by atoms with E-state index in [-0.39, 0.29) is 6.04 Å². The third-order valence-electron chi connectivity index (χ3n) is 4.76. The molecular formula is C18H31N3. The third-order valence-corrected chi connectivity index (χ3v) is 4.76. The van der Waals surface area contributed by atoms with E-state index >= 15 is 0 Å². The molecule has 0 amide bonds. The average molecular weight is 289 g/mol. The van der Waals surface area contributed by atoms with Gasteiger partial charge in [0.15, 0.2) is 0 Å². The summed E-state index contributed by atoms with van der Waals surface area (Å²) in [6.07, 6.45) is 2.21. The van der Waals surface area contributed by atoms with E-state index < -0.39 is 0 Å². The van der Waals surface area contributed by atoms with Crippen LogP contribution in [0.2, 0.25) is 0 Å². The molecule has 2 rings (SSSR count). The van der Waals surface area contributed by atoms with Crippen molar-refractivity contribution in [2.75, 3.05) is 31.1 Å². The molecule has 1 saturated heterocycles. The van der Waals surface area contributed by atoms with Crippen molar-refractivity contribution in [3.63, 3.8) is 0 Å². The Balaban J connectivity index is 1.99. The minimum atomic E-state index is 0.230. The van der Waals surface area contributed by atoms with Crippen molar-refractivity contribution in [2.45, 2.75) is 52.6 Å². The molecule has 1 aromatic rings. The predicted octanol–water partition coefficient (Wildman–Crippen LogP) is 2.81. The third kappa shape index (κ3) is 4.21. The van der Waals surface area contributed by atoms with Gasteiger partial charge in [-0.3, -0.25) is 4.90 Å². The molecule has 21 heavy (non-hydrogen) atoms. The summed E-state index contributed by atoms with van der Waals surface area (Å²) < 4.78 is 0. The lowest BCUT2D eigenvalue weighted by Gasteiger charge is -2.39. The Kier molecular flexibility index (Phi) is 5.65. The first kappa shape index (κ1) is 16.3. The van der Waals surface area contributed by atoms with Crippen LogP contribution in [0, 0.1) is 6.92 Å². The van der Waals surface area contributed by atoms with E-state index in [9.17, 15) is 0 Å². The fourth-order valence-corrected chi connectivity index (χ4v) is 3.13. The Hall–Kier alpha value is -1.06. The normalized spacial score (nSPS) is 19.6. The first-order valence-electron chi connectivity index (χ1n) is 8.35. The molecule has 0 aliphatic carbocycles. The molecule has 1 fully saturated rings. The smallest absolute Gasteiger partial charge is 0.0369 e. The summed E-state index contributed by atoms with van der Waals surface area (Å²) in [7, 11) is 0. The lowest BCUT2D eigenvalue weighted by molar-refractivity contribution is 0.193. The van der Waals surface area contributed by atoms with E-state index in [1.54, 1.807) is 0 Å². The SMILES string of the molecule is CCC(C)N1CCN(c2ccc(CC(C)N)c(C)c2)CC1. The van der Waals surface area contributed by atoms with Crippen molar-refractivity contribution < 1.29 is 0 Å². The monoisotopic (exact) mass is 289 g/mol. The Labute approximate surface area is 130 Å². The fourth-order valence-electron chi connectivity index (χ4n) is 3.13. The zero-order valence-corrected chi connectivity index (χ0v) is 14.1. The number of anilines is 1. The highest BCUT2D eigenvalue weighted by Crippen LogP contribution is 2.22. The molecule has 0 bridgehead atoms. The highest BCUT2D eigenvalue weighted by Gasteiger charge is 2.20. The Morgan fingerprint density at radius 1 is 1.14 bits per heavy atom. The van der Waals surface area contributed by atoms with E-state index in [1.165, 1.54) is 36.3 Å². The fraction of sp³-hybridized carbons (Fsp3) is 0.667. The van der Waals surface area contributed by atoms with Gasteiger partial charge in [0.2, 0.25) is 0 Å². The minimum Gasteiger partial charge on any atom is -0.369 e. The van der Waals surface area contributed by atoms with Gasteiger partial charge < -0.3 is 10.6 Å². The first-order valence-corrected chi connectivity index (χ1v) is 8.35. The second kappa shape index (κ2) is 7.28. The van der Waals surface area contributed by atoms with E-state index in [1.807, 2.05) is 0 Å². The zero-order chi connectivity index (χ0) is 15.4. The van der Waals surface area contributed by atoms with Crippen LogP contribution in [0.3, 0.4) is 0 Å². The molecule has 2 atom stereocenters. The summed E-state index contributed by atoms with van der Waals surface area (Å²) in [5, 5.41) is 0. The molecule has 2 N–H and O–H groups in total. The van der Waals surface area contributed by atoms with Crippen LogP contribution in [0.1, 0.15) is 38.3 Å². The second-order valence-electron chi connectivity index (χ2n) is 6.57. The van der Waals surface area contributed by atoms with E-state index in [0.29, 0.717) is 6.04 Å². The molecule has 0 spiro atoms. The van der Waals surface area contributed by atoms with E-state index in [4.69, 9.17) is 5.73 Å². The Bertz CT molecular complexity index is 448. The van der Waals surface area contributed by atoms with Crippen molar-refractivity contribution in [2.24, 2.45) is 5.73 Å². The van der Waals surface area contributed by atoms with Crippen LogP contribution in [-0.2, 0) is 6.42 Å². The van der Waals surface area contributed by atoms with Gasteiger partial charge >= 0.3 is 0 Å². The summed E-state index contributed by atoms with van der Waals surface area (Å²) in [6, 6.07) is 7.80. The van der Waals surface area contributed by atoms with Gasteiger partial charge in [-0.05, 0) is 56.9 Å². The van der Waals surface area contributed by atoms with Crippen LogP contribution >= 0.6 is 0 Å². The second-order valence-corrected chi connectivity index (χ2v) is 6.57. The largest absolute Gasteiger partial charge is 0.369 e. The maximum absolute atomic E-state index is 5.91. The quantitative estimate of drug-likeness (QED) is 0.904. The molecule has 1 heterocycles. The van der Waals surface area contributed by atoms with Crippen LogP contribution in [-0.4, -0.2) is 43.2 Å². The van der Waals surface area contributed by atoms with Gasteiger partial charge in [0.05, 0.1) is 0 Å². The summed E-state index contributed by atoms with van der Waals surface area (Å²) in [4.78, 5) is 5.12. The molecule has 1 aliphatic heterocycles. The summed E-state index contributed by atoms with van der Waals surface area (Å²) in [6.45, 7) is 13.5. The molecule has 1 aromatic carbocycles. The molecule has 0 saturated carbocycles. The van der Waals surface area contributed by atoms with Gasteiger partial charge in [0.25, 0.3) is 0 Å². The van der Waals surface area contributed by atoms with Crippen molar-refractivity contribution in [1.82, 2.24) is 4.90 Å². The zero-order valence-electron chi connectivity index (χ0n) is 14.1. The van der Waals surface area contributed by atoms with Gasteiger partial charge in [-0.25, -0.2) is 0 Å². The lowest BCUT2D eigenvalue weighted by atomic mass is 10.0. The van der Waals surface area contributed by atoms with Gasteiger partial charge in [-0.2, -0.15) is 0 Å². The Morgan fingerprint density at radius 2 is 1.81 bits per heavy atom. The average Bonchev–Trinajstić information content (AvgIpc) is 2.48. The molecule has 0 radical (unpaired) electrons. The van der Waals surface area contributed by atoms with Crippen LogP contribution < -0.4 is 10.6 Å². The number of rotatable bonds is 5. The molecule has 0 aromatic heterocycles. The highest BCUT2D eigenvalue weighted by atomic mass is 15.3. The van der Waals surface area contributed by atoms with Crippen LogP contribution in [0.15, 0.2) is 18.2 Å². The van der Waals surface area contributed by atoms with E-state index in [2.05, 4.69) is 55.7 Å². The van der Waals surface area contributed by atoms with Gasteiger partial charge in [-0.15, -0.1) is 0 Å². The number of piperazine rings is 1. The molecule has 3 heteroatoms. The van der Waals surface area contributed by atoms with E-state index in [0.717, 1.165) is 19.5 Å². The van der Waals surface area contributed by atoms with Crippen LogP contribution in [0.25, 0.3) is 0 Å². The van der Waals surface area contributed by atoms with Crippen LogP contribution in [0.4, 0.5) is 5.69 Å². The standard InChI is InChI=1S/C18H31N3/c1-5-16(4)20-8-10-21(11-9-20)18-7-6-17(13-15(3)19)14(2)12-18/h6-7,12,15-16H,5,8-11,13,19H2,1-4H3. The number of benzene rings is 1. The molecular weight excluding hydrogens is 258 g/mol. The topological polar surface area (TPSA) is 32.5 Å². The number of nitrogens with two attached hydrogens (primary N) is 1. The summed E-state index contributed by atoms with van der Waals surface area (Å²) in [5.41, 5.74) is 10.0. The summed E-state index contributed by atoms with van der Waals surface area (Å²) in [5.74, 6) is 0. The molecule has 3 nitrogen and oxygen atoms in total. The predicted molar refractivity (Wildman–Crippen MR) is 92.1 cm³/mol.